The summed E-state index contributed by atoms with van der Waals surface area (Å²) in [5, 5.41) is 3.13. The Morgan fingerprint density at radius 1 is 0.960 bits per heavy atom. The normalized spacial score (nSPS) is 21.8. The fourth-order valence-corrected chi connectivity index (χ4v) is 3.71. The lowest BCUT2D eigenvalue weighted by atomic mass is 9.75. The van der Waals surface area contributed by atoms with Gasteiger partial charge in [0.1, 0.15) is 0 Å². The molecule has 0 unspecified atom stereocenters. The smallest absolute Gasteiger partial charge is 0.314 e. The Morgan fingerprint density at radius 2 is 1.60 bits per heavy atom. The predicted octanol–water partition coefficient (Wildman–Crippen LogP) is 4.47. The molecule has 0 aromatic heterocycles. The van der Waals surface area contributed by atoms with Gasteiger partial charge in [-0.05, 0) is 42.5 Å². The van der Waals surface area contributed by atoms with Gasteiger partial charge in [0.2, 0.25) is 0 Å². The standard InChI is InChI=1S/C17H20F6N2/c18-16(19,20)12-4-5-14(17(21,22)23)13(10-12)15(11-2-1-3-11)25-8-6-24-7-9-25/h4-5,10-11,15,24H,1-3,6-9H2/t15-/m1/s1. The van der Waals surface area contributed by atoms with Crippen molar-refractivity contribution in [2.45, 2.75) is 37.7 Å². The summed E-state index contributed by atoms with van der Waals surface area (Å²) in [6.07, 6.45) is -6.92. The van der Waals surface area contributed by atoms with E-state index in [1.54, 1.807) is 0 Å². The molecule has 1 saturated carbocycles. The summed E-state index contributed by atoms with van der Waals surface area (Å²) in [5.74, 6) is -0.0253. The van der Waals surface area contributed by atoms with Gasteiger partial charge in [-0.1, -0.05) is 6.42 Å². The Kier molecular flexibility index (Phi) is 5.03. The number of nitrogens with one attached hydrogen (secondary N) is 1. The molecule has 25 heavy (non-hydrogen) atoms. The van der Waals surface area contributed by atoms with Crippen molar-refractivity contribution in [3.8, 4) is 0 Å². The van der Waals surface area contributed by atoms with E-state index in [1.165, 1.54) is 0 Å². The van der Waals surface area contributed by atoms with Crippen LogP contribution >= 0.6 is 0 Å². The van der Waals surface area contributed by atoms with Crippen LogP contribution in [0.15, 0.2) is 18.2 Å². The van der Waals surface area contributed by atoms with Crippen LogP contribution in [0, 0.1) is 5.92 Å². The lowest BCUT2D eigenvalue weighted by Crippen LogP contribution is -2.48. The highest BCUT2D eigenvalue weighted by Crippen LogP contribution is 2.47. The molecule has 0 amide bonds. The molecule has 2 nitrogen and oxygen atoms in total. The summed E-state index contributed by atoms with van der Waals surface area (Å²) in [7, 11) is 0. The summed E-state index contributed by atoms with van der Waals surface area (Å²) >= 11 is 0. The molecule has 2 fully saturated rings. The summed E-state index contributed by atoms with van der Waals surface area (Å²) in [6, 6.07) is 1.22. The van der Waals surface area contributed by atoms with Gasteiger partial charge in [0.05, 0.1) is 11.1 Å². The van der Waals surface area contributed by atoms with Gasteiger partial charge in [-0.2, -0.15) is 26.3 Å². The Hall–Kier alpha value is -1.28. The maximum absolute atomic E-state index is 13.5. The molecule has 0 radical (unpaired) electrons. The monoisotopic (exact) mass is 366 g/mol. The highest BCUT2D eigenvalue weighted by atomic mass is 19.4. The maximum atomic E-state index is 13.5. The molecule has 1 aromatic rings. The Balaban J connectivity index is 2.08. The topological polar surface area (TPSA) is 15.3 Å². The van der Waals surface area contributed by atoms with E-state index < -0.39 is 29.5 Å². The second-order valence-electron chi connectivity index (χ2n) is 6.72. The minimum atomic E-state index is -4.67. The van der Waals surface area contributed by atoms with Gasteiger partial charge < -0.3 is 5.32 Å². The maximum Gasteiger partial charge on any atom is 0.416 e. The molecule has 2 aliphatic rings. The molecule has 1 heterocycles. The highest BCUT2D eigenvalue weighted by Gasteiger charge is 2.42. The zero-order chi connectivity index (χ0) is 18.2. The quantitative estimate of drug-likeness (QED) is 0.794. The van der Waals surface area contributed by atoms with Crippen molar-refractivity contribution in [1.29, 1.82) is 0 Å². The molecule has 3 rings (SSSR count). The molecule has 1 aromatic carbocycles. The molecule has 8 heteroatoms. The minimum absolute atomic E-state index is 0.0253. The number of alkyl halides is 6. The van der Waals surface area contributed by atoms with Crippen LogP contribution in [0.25, 0.3) is 0 Å². The van der Waals surface area contributed by atoms with Gasteiger partial charge >= 0.3 is 12.4 Å². The van der Waals surface area contributed by atoms with Gasteiger partial charge in [-0.3, -0.25) is 4.90 Å². The third-order valence-corrected chi connectivity index (χ3v) is 5.14. The summed E-state index contributed by atoms with van der Waals surface area (Å²) < 4.78 is 79.7. The number of piperazine rings is 1. The Bertz CT molecular complexity index is 600. The average molecular weight is 366 g/mol. The van der Waals surface area contributed by atoms with Crippen LogP contribution < -0.4 is 5.32 Å². The highest BCUT2D eigenvalue weighted by molar-refractivity contribution is 5.38. The van der Waals surface area contributed by atoms with Crippen LogP contribution in [0.5, 0.6) is 0 Å². The SMILES string of the molecule is FC(F)(F)c1ccc(C(F)(F)F)c([C@@H](C2CCC2)N2CCNCC2)c1. The lowest BCUT2D eigenvalue weighted by Gasteiger charge is -2.44. The molecule has 1 N–H and O–H groups in total. The van der Waals surface area contributed by atoms with Gasteiger partial charge in [-0.15, -0.1) is 0 Å². The molecule has 1 saturated heterocycles. The number of nitrogens with zero attached hydrogens (tertiary/aromatic N) is 1. The van der Waals surface area contributed by atoms with Crippen LogP contribution in [0.3, 0.4) is 0 Å². The van der Waals surface area contributed by atoms with Crippen molar-refractivity contribution in [3.05, 3.63) is 34.9 Å². The van der Waals surface area contributed by atoms with Crippen LogP contribution in [0.1, 0.15) is 42.0 Å². The van der Waals surface area contributed by atoms with E-state index in [2.05, 4.69) is 5.32 Å². The second-order valence-corrected chi connectivity index (χ2v) is 6.72. The Labute approximate surface area is 142 Å². The predicted molar refractivity (Wildman–Crippen MR) is 81.0 cm³/mol. The summed E-state index contributed by atoms with van der Waals surface area (Å²) in [6.45, 7) is 2.33. The average Bonchev–Trinajstić information content (AvgIpc) is 2.49. The van der Waals surface area contributed by atoms with Crippen molar-refractivity contribution in [1.82, 2.24) is 10.2 Å². The van der Waals surface area contributed by atoms with Crippen molar-refractivity contribution in [2.75, 3.05) is 26.2 Å². The number of hydrogen-bond donors (Lipinski definition) is 1. The van der Waals surface area contributed by atoms with Crippen molar-refractivity contribution in [3.63, 3.8) is 0 Å². The first kappa shape index (κ1) is 18.5. The molecule has 1 aliphatic heterocycles. The van der Waals surface area contributed by atoms with Crippen LogP contribution in [0.2, 0.25) is 0 Å². The fourth-order valence-electron chi connectivity index (χ4n) is 3.71. The second kappa shape index (κ2) is 6.79. The molecule has 1 atom stereocenters. The summed E-state index contributed by atoms with van der Waals surface area (Å²) in [4.78, 5) is 1.91. The van der Waals surface area contributed by atoms with Crippen molar-refractivity contribution >= 4 is 0 Å². The minimum Gasteiger partial charge on any atom is -0.314 e. The van der Waals surface area contributed by atoms with E-state index in [4.69, 9.17) is 0 Å². The largest absolute Gasteiger partial charge is 0.416 e. The van der Waals surface area contributed by atoms with Gasteiger partial charge in [0.15, 0.2) is 0 Å². The van der Waals surface area contributed by atoms with Gasteiger partial charge in [0.25, 0.3) is 0 Å². The van der Waals surface area contributed by atoms with E-state index >= 15 is 0 Å². The van der Waals surface area contributed by atoms with Crippen LogP contribution in [-0.4, -0.2) is 31.1 Å². The van der Waals surface area contributed by atoms with E-state index in [1.807, 2.05) is 4.90 Å². The molecular weight excluding hydrogens is 346 g/mol. The third kappa shape index (κ3) is 3.95. The van der Waals surface area contributed by atoms with E-state index in [0.29, 0.717) is 44.4 Å². The lowest BCUT2D eigenvalue weighted by molar-refractivity contribution is -0.142. The fraction of sp³-hybridized carbons (Fsp3) is 0.647. The van der Waals surface area contributed by atoms with E-state index in [-0.39, 0.29) is 11.5 Å². The molecule has 140 valence electrons. The zero-order valence-corrected chi connectivity index (χ0v) is 13.6. The third-order valence-electron chi connectivity index (χ3n) is 5.14. The van der Waals surface area contributed by atoms with Gasteiger partial charge in [0, 0.05) is 32.2 Å². The molecule has 0 bridgehead atoms. The number of benzene rings is 1. The van der Waals surface area contributed by atoms with E-state index in [0.717, 1.165) is 19.3 Å². The Morgan fingerprint density at radius 3 is 2.08 bits per heavy atom. The number of rotatable bonds is 3. The van der Waals surface area contributed by atoms with E-state index in [9.17, 15) is 26.3 Å². The first-order valence-electron chi connectivity index (χ1n) is 8.41. The van der Waals surface area contributed by atoms with Gasteiger partial charge in [-0.25, -0.2) is 0 Å². The number of halogens is 6. The first-order valence-corrected chi connectivity index (χ1v) is 8.41. The van der Waals surface area contributed by atoms with Crippen molar-refractivity contribution in [2.24, 2.45) is 5.92 Å². The molecule has 1 aliphatic carbocycles. The van der Waals surface area contributed by atoms with Crippen LogP contribution in [-0.2, 0) is 12.4 Å². The zero-order valence-electron chi connectivity index (χ0n) is 13.6. The first-order chi connectivity index (χ1) is 11.7. The number of hydrogen-bond acceptors (Lipinski definition) is 2. The molecule has 0 spiro atoms. The van der Waals surface area contributed by atoms with Crippen LogP contribution in [0.4, 0.5) is 26.3 Å². The van der Waals surface area contributed by atoms with Crippen molar-refractivity contribution < 1.29 is 26.3 Å². The summed E-state index contributed by atoms with van der Waals surface area (Å²) in [5.41, 5.74) is -2.19. The molecular formula is C17H20F6N2.